The van der Waals surface area contributed by atoms with Crippen LogP contribution < -0.4 is 10.2 Å². The zero-order chi connectivity index (χ0) is 23.1. The molecule has 1 fully saturated rings. The largest absolute Gasteiger partial charge is 0.368 e. The van der Waals surface area contributed by atoms with Gasteiger partial charge in [0.1, 0.15) is 6.54 Å². The molecule has 0 radical (unpaired) electrons. The number of benzene rings is 2. The van der Waals surface area contributed by atoms with Crippen molar-refractivity contribution < 1.29 is 14.4 Å². The lowest BCUT2D eigenvalue weighted by molar-refractivity contribution is -0.132. The van der Waals surface area contributed by atoms with Crippen LogP contribution in [0, 0.1) is 6.92 Å². The number of piperazine rings is 1. The molecule has 0 saturated carbocycles. The fourth-order valence-corrected chi connectivity index (χ4v) is 3.64. The molecule has 0 aliphatic carbocycles. The molecule has 2 aromatic rings. The van der Waals surface area contributed by atoms with Crippen LogP contribution in [0.5, 0.6) is 0 Å². The maximum Gasteiger partial charge on any atom is 0.253 e. The predicted octanol–water partition coefficient (Wildman–Crippen LogP) is 2.93. The highest BCUT2D eigenvalue weighted by Crippen LogP contribution is 2.20. The minimum absolute atomic E-state index is 0.0138. The van der Waals surface area contributed by atoms with Gasteiger partial charge in [0.2, 0.25) is 11.8 Å². The Morgan fingerprint density at radius 3 is 2.19 bits per heavy atom. The van der Waals surface area contributed by atoms with Crippen LogP contribution in [0.15, 0.2) is 61.2 Å². The highest BCUT2D eigenvalue weighted by molar-refractivity contribution is 5.95. The maximum atomic E-state index is 12.7. The zero-order valence-corrected chi connectivity index (χ0v) is 18.7. The van der Waals surface area contributed by atoms with E-state index in [2.05, 4.69) is 16.8 Å². The highest BCUT2D eigenvalue weighted by Gasteiger charge is 2.22. The van der Waals surface area contributed by atoms with Gasteiger partial charge in [-0.1, -0.05) is 23.8 Å². The van der Waals surface area contributed by atoms with Gasteiger partial charge in [-0.3, -0.25) is 14.4 Å². The van der Waals surface area contributed by atoms with Crippen LogP contribution in [0.3, 0.4) is 0 Å². The Hall–Kier alpha value is -3.61. The van der Waals surface area contributed by atoms with Crippen molar-refractivity contribution in [1.82, 2.24) is 9.80 Å². The Morgan fingerprint density at radius 1 is 1.00 bits per heavy atom. The lowest BCUT2D eigenvalue weighted by Crippen LogP contribution is -2.48. The van der Waals surface area contributed by atoms with Gasteiger partial charge >= 0.3 is 0 Å². The summed E-state index contributed by atoms with van der Waals surface area (Å²) in [5, 5.41) is 2.82. The molecular weight excluding hydrogens is 404 g/mol. The lowest BCUT2D eigenvalue weighted by atomic mass is 10.1. The van der Waals surface area contributed by atoms with Crippen LogP contribution in [0.4, 0.5) is 11.4 Å². The number of amides is 3. The summed E-state index contributed by atoms with van der Waals surface area (Å²) in [5.41, 5.74) is 3.58. The van der Waals surface area contributed by atoms with Crippen molar-refractivity contribution in [1.29, 1.82) is 0 Å². The van der Waals surface area contributed by atoms with Crippen molar-refractivity contribution in [2.24, 2.45) is 0 Å². The Balaban J connectivity index is 1.52. The molecule has 1 aliphatic heterocycles. The van der Waals surface area contributed by atoms with Gasteiger partial charge in [0.05, 0.1) is 0 Å². The summed E-state index contributed by atoms with van der Waals surface area (Å²) in [4.78, 5) is 42.0. The summed E-state index contributed by atoms with van der Waals surface area (Å²) in [6.45, 7) is 10.2. The third-order valence-electron chi connectivity index (χ3n) is 5.51. The van der Waals surface area contributed by atoms with E-state index in [-0.39, 0.29) is 24.3 Å². The van der Waals surface area contributed by atoms with Crippen LogP contribution in [0.2, 0.25) is 0 Å². The average Bonchev–Trinajstić information content (AvgIpc) is 2.79. The van der Waals surface area contributed by atoms with E-state index < -0.39 is 0 Å². The van der Waals surface area contributed by atoms with Crippen LogP contribution in [-0.4, -0.2) is 66.8 Å². The molecule has 0 spiro atoms. The second-order valence-electron chi connectivity index (χ2n) is 7.93. The number of nitrogens with one attached hydrogen (secondary N) is 1. The molecular formula is C25H30N4O3. The van der Waals surface area contributed by atoms with E-state index in [1.54, 1.807) is 6.08 Å². The van der Waals surface area contributed by atoms with Crippen molar-refractivity contribution in [2.45, 2.75) is 13.8 Å². The fraction of sp³-hybridized carbons (Fsp3) is 0.320. The molecule has 1 aliphatic rings. The predicted molar refractivity (Wildman–Crippen MR) is 127 cm³/mol. The quantitative estimate of drug-likeness (QED) is 0.680. The topological polar surface area (TPSA) is 73.0 Å². The van der Waals surface area contributed by atoms with Gasteiger partial charge in [0.25, 0.3) is 5.91 Å². The highest BCUT2D eigenvalue weighted by atomic mass is 16.2. The maximum absolute atomic E-state index is 12.7. The van der Waals surface area contributed by atoms with Gasteiger partial charge in [0.15, 0.2) is 0 Å². The van der Waals surface area contributed by atoms with Gasteiger partial charge in [-0.05, 0) is 43.3 Å². The Morgan fingerprint density at radius 2 is 1.62 bits per heavy atom. The summed E-state index contributed by atoms with van der Waals surface area (Å²) in [6.07, 6.45) is 1.59. The first kappa shape index (κ1) is 23.1. The molecule has 1 heterocycles. The summed E-state index contributed by atoms with van der Waals surface area (Å²) >= 11 is 0. The van der Waals surface area contributed by atoms with Gasteiger partial charge in [-0.2, -0.15) is 0 Å². The van der Waals surface area contributed by atoms with Crippen molar-refractivity contribution in [3.05, 3.63) is 72.3 Å². The van der Waals surface area contributed by atoms with E-state index in [1.165, 1.54) is 11.8 Å². The average molecular weight is 435 g/mol. The van der Waals surface area contributed by atoms with Gasteiger partial charge in [0, 0.05) is 56.6 Å². The number of hydrogen-bond donors (Lipinski definition) is 1. The van der Waals surface area contributed by atoms with Gasteiger partial charge in [-0.25, -0.2) is 0 Å². The summed E-state index contributed by atoms with van der Waals surface area (Å²) < 4.78 is 0. The number of nitrogens with zero attached hydrogens (tertiary/aromatic N) is 3. The fourth-order valence-electron chi connectivity index (χ4n) is 3.64. The second kappa shape index (κ2) is 10.6. The summed E-state index contributed by atoms with van der Waals surface area (Å²) in [7, 11) is 0. The Kier molecular flexibility index (Phi) is 7.65. The number of carbonyl (C=O) groups is 3. The first-order chi connectivity index (χ1) is 15.4. The SMILES string of the molecule is C=CCN(CC(=O)Nc1ccc(N2CCN(C(=O)c3ccc(C)cc3)CC2)cc1)C(C)=O. The number of anilines is 2. The number of carbonyl (C=O) groups excluding carboxylic acids is 3. The van der Waals surface area contributed by atoms with Gasteiger partial charge < -0.3 is 20.0 Å². The number of aryl methyl sites for hydroxylation is 1. The van der Waals surface area contributed by atoms with Crippen LogP contribution in [0.25, 0.3) is 0 Å². The molecule has 0 unspecified atom stereocenters. The minimum atomic E-state index is -0.252. The van der Waals surface area contributed by atoms with E-state index in [4.69, 9.17) is 0 Å². The van der Waals surface area contributed by atoms with Crippen molar-refractivity contribution >= 4 is 29.1 Å². The van der Waals surface area contributed by atoms with Gasteiger partial charge in [-0.15, -0.1) is 6.58 Å². The Bertz CT molecular complexity index is 962. The molecule has 3 amide bonds. The van der Waals surface area contributed by atoms with E-state index in [0.29, 0.717) is 25.3 Å². The van der Waals surface area contributed by atoms with Crippen molar-refractivity contribution in [2.75, 3.05) is 49.5 Å². The van der Waals surface area contributed by atoms with E-state index in [0.717, 1.165) is 29.9 Å². The molecule has 0 aromatic heterocycles. The molecule has 1 N–H and O–H groups in total. The molecule has 32 heavy (non-hydrogen) atoms. The molecule has 1 saturated heterocycles. The molecule has 7 heteroatoms. The normalized spacial score (nSPS) is 13.4. The molecule has 168 valence electrons. The zero-order valence-electron chi connectivity index (χ0n) is 18.7. The van der Waals surface area contributed by atoms with Crippen molar-refractivity contribution in [3.8, 4) is 0 Å². The van der Waals surface area contributed by atoms with Crippen LogP contribution in [-0.2, 0) is 9.59 Å². The molecule has 7 nitrogen and oxygen atoms in total. The molecule has 2 aromatic carbocycles. The molecule has 0 bridgehead atoms. The third-order valence-corrected chi connectivity index (χ3v) is 5.51. The Labute approximate surface area is 189 Å². The summed E-state index contributed by atoms with van der Waals surface area (Å²) in [6, 6.07) is 15.3. The first-order valence-corrected chi connectivity index (χ1v) is 10.7. The number of rotatable bonds is 7. The molecule has 3 rings (SSSR count). The van der Waals surface area contributed by atoms with Crippen molar-refractivity contribution in [3.63, 3.8) is 0 Å². The smallest absolute Gasteiger partial charge is 0.253 e. The van der Waals surface area contributed by atoms with E-state index in [9.17, 15) is 14.4 Å². The number of hydrogen-bond acceptors (Lipinski definition) is 4. The summed E-state index contributed by atoms with van der Waals surface area (Å²) in [5.74, 6) is -0.354. The lowest BCUT2D eigenvalue weighted by Gasteiger charge is -2.36. The first-order valence-electron chi connectivity index (χ1n) is 10.7. The van der Waals surface area contributed by atoms with Crippen LogP contribution >= 0.6 is 0 Å². The van der Waals surface area contributed by atoms with E-state index >= 15 is 0 Å². The third kappa shape index (κ3) is 5.97. The molecule has 0 atom stereocenters. The monoisotopic (exact) mass is 434 g/mol. The van der Waals surface area contributed by atoms with Crippen LogP contribution in [0.1, 0.15) is 22.8 Å². The standard InChI is InChI=1S/C25H30N4O3/c1-4-13-29(20(3)30)18-24(31)26-22-9-11-23(12-10-22)27-14-16-28(17-15-27)25(32)21-7-5-19(2)6-8-21/h4-12H,1,13-18H2,2-3H3,(H,26,31). The minimum Gasteiger partial charge on any atom is -0.368 e. The van der Waals surface area contributed by atoms with E-state index in [1.807, 2.05) is 60.4 Å². The second-order valence-corrected chi connectivity index (χ2v) is 7.93.